The molecule has 0 radical (unpaired) electrons. The van der Waals surface area contributed by atoms with Crippen LogP contribution in [0.25, 0.3) is 0 Å². The zero-order chi connectivity index (χ0) is 12.6. The Morgan fingerprint density at radius 2 is 1.81 bits per heavy atom. The zero-order valence-corrected chi connectivity index (χ0v) is 13.7. The van der Waals surface area contributed by atoms with Crippen LogP contribution in [0.2, 0.25) is 23.2 Å². The molecule has 0 amide bonds. The molecule has 0 unspecified atom stereocenters. The van der Waals surface area contributed by atoms with Crippen LogP contribution in [-0.4, -0.2) is 8.32 Å². The summed E-state index contributed by atoms with van der Waals surface area (Å²) in [5, 5.41) is 0.880. The highest BCUT2D eigenvalue weighted by Crippen LogP contribution is 2.40. The molecule has 0 N–H and O–H groups in total. The van der Waals surface area contributed by atoms with Crippen molar-refractivity contribution in [3.63, 3.8) is 0 Å². The molecule has 0 aromatic heterocycles. The number of benzene rings is 1. The van der Waals surface area contributed by atoms with Crippen LogP contribution in [-0.2, 0) is 0 Å². The van der Waals surface area contributed by atoms with E-state index in [4.69, 9.17) is 16.0 Å². The summed E-state index contributed by atoms with van der Waals surface area (Å²) in [6.45, 7) is 11.1. The van der Waals surface area contributed by atoms with E-state index in [0.29, 0.717) is 5.02 Å². The predicted octanol–water partition coefficient (Wildman–Crippen LogP) is 5.49. The molecule has 0 fully saturated rings. The standard InChI is InChI=1S/C12H18BrClOSi/c1-12(2,3)16(4,5)15-10-8-6-7-9(14)11(10)13/h6-8H,1-5H3. The fraction of sp³-hybridized carbons (Fsp3) is 0.500. The summed E-state index contributed by atoms with van der Waals surface area (Å²) in [7, 11) is -1.79. The maximum atomic E-state index is 6.19. The van der Waals surface area contributed by atoms with Gasteiger partial charge >= 0.3 is 0 Å². The van der Waals surface area contributed by atoms with Crippen LogP contribution in [0.4, 0.5) is 0 Å². The van der Waals surface area contributed by atoms with Gasteiger partial charge in [-0.05, 0) is 46.2 Å². The van der Waals surface area contributed by atoms with E-state index in [1.807, 2.05) is 18.2 Å². The lowest BCUT2D eigenvalue weighted by molar-refractivity contribution is 0.490. The third-order valence-electron chi connectivity index (χ3n) is 3.09. The fourth-order valence-corrected chi connectivity index (χ4v) is 2.68. The molecule has 0 aliphatic rings. The quantitative estimate of drug-likeness (QED) is 0.655. The van der Waals surface area contributed by atoms with Crippen LogP contribution in [0, 0.1) is 0 Å². The highest BCUT2D eigenvalue weighted by atomic mass is 79.9. The molecule has 4 heteroatoms. The first-order chi connectivity index (χ1) is 7.15. The van der Waals surface area contributed by atoms with Gasteiger partial charge in [-0.25, -0.2) is 0 Å². The van der Waals surface area contributed by atoms with E-state index < -0.39 is 8.32 Å². The van der Waals surface area contributed by atoms with Gasteiger partial charge in [-0.1, -0.05) is 38.4 Å². The lowest BCUT2D eigenvalue weighted by atomic mass is 10.2. The van der Waals surface area contributed by atoms with Crippen LogP contribution in [0.1, 0.15) is 20.8 Å². The summed E-state index contributed by atoms with van der Waals surface area (Å²) in [4.78, 5) is 0. The Hall–Kier alpha value is 0.00688. The zero-order valence-electron chi connectivity index (χ0n) is 10.4. The SMILES string of the molecule is CC(C)(C)[Si](C)(C)Oc1cccc(Cl)c1Br. The molecule has 1 nitrogen and oxygen atoms in total. The number of hydrogen-bond donors (Lipinski definition) is 0. The minimum Gasteiger partial charge on any atom is -0.543 e. The molecule has 0 aliphatic carbocycles. The van der Waals surface area contributed by atoms with Crippen molar-refractivity contribution in [3.8, 4) is 5.75 Å². The highest BCUT2D eigenvalue weighted by Gasteiger charge is 2.39. The molecule has 0 heterocycles. The minimum atomic E-state index is -1.79. The van der Waals surface area contributed by atoms with Gasteiger partial charge in [0.05, 0.1) is 9.50 Å². The van der Waals surface area contributed by atoms with E-state index in [1.165, 1.54) is 0 Å². The fourth-order valence-electron chi connectivity index (χ4n) is 0.991. The Labute approximate surface area is 112 Å². The molecule has 0 saturated heterocycles. The second kappa shape index (κ2) is 4.71. The maximum absolute atomic E-state index is 6.19. The second-order valence-electron chi connectivity index (χ2n) is 5.41. The van der Waals surface area contributed by atoms with Gasteiger partial charge in [-0.2, -0.15) is 0 Å². The molecule has 1 aromatic carbocycles. The lowest BCUT2D eigenvalue weighted by Crippen LogP contribution is -2.43. The number of rotatable bonds is 2. The van der Waals surface area contributed by atoms with Crippen molar-refractivity contribution < 1.29 is 4.43 Å². The molecular weight excluding hydrogens is 304 g/mol. The van der Waals surface area contributed by atoms with Gasteiger partial charge in [0.15, 0.2) is 0 Å². The molecular formula is C12H18BrClOSi. The molecule has 90 valence electrons. The second-order valence-corrected chi connectivity index (χ2v) is 11.3. The molecule has 0 spiro atoms. The maximum Gasteiger partial charge on any atom is 0.250 e. The average molecular weight is 322 g/mol. The number of halogens is 2. The Morgan fingerprint density at radius 3 is 2.31 bits per heavy atom. The first-order valence-electron chi connectivity index (χ1n) is 5.28. The molecule has 1 aromatic rings. The van der Waals surface area contributed by atoms with Crippen molar-refractivity contribution in [2.45, 2.75) is 38.9 Å². The van der Waals surface area contributed by atoms with Crippen LogP contribution in [0.3, 0.4) is 0 Å². The Kier molecular flexibility index (Phi) is 4.14. The molecule has 0 saturated carbocycles. The summed E-state index contributed by atoms with van der Waals surface area (Å²) in [6.07, 6.45) is 0. The minimum absolute atomic E-state index is 0.189. The van der Waals surface area contributed by atoms with E-state index in [-0.39, 0.29) is 5.04 Å². The van der Waals surface area contributed by atoms with E-state index >= 15 is 0 Å². The van der Waals surface area contributed by atoms with Crippen molar-refractivity contribution in [1.82, 2.24) is 0 Å². The third kappa shape index (κ3) is 3.02. The normalized spacial score (nSPS) is 12.7. The monoisotopic (exact) mass is 320 g/mol. The Balaban J connectivity index is 3.02. The largest absolute Gasteiger partial charge is 0.543 e. The Bertz CT molecular complexity index is 385. The van der Waals surface area contributed by atoms with Gasteiger partial charge in [-0.3, -0.25) is 0 Å². The third-order valence-corrected chi connectivity index (χ3v) is 8.79. The smallest absolute Gasteiger partial charge is 0.250 e. The topological polar surface area (TPSA) is 9.23 Å². The van der Waals surface area contributed by atoms with E-state index in [9.17, 15) is 0 Å². The van der Waals surface area contributed by atoms with Crippen molar-refractivity contribution in [3.05, 3.63) is 27.7 Å². The van der Waals surface area contributed by atoms with Crippen LogP contribution >= 0.6 is 27.5 Å². The summed E-state index contributed by atoms with van der Waals surface area (Å²) >= 11 is 9.51. The highest BCUT2D eigenvalue weighted by molar-refractivity contribution is 9.10. The van der Waals surface area contributed by atoms with Crippen molar-refractivity contribution in [2.24, 2.45) is 0 Å². The van der Waals surface area contributed by atoms with Crippen molar-refractivity contribution >= 4 is 35.8 Å². The van der Waals surface area contributed by atoms with Gasteiger partial charge in [0.2, 0.25) is 0 Å². The van der Waals surface area contributed by atoms with Crippen LogP contribution in [0.15, 0.2) is 22.7 Å². The molecule has 0 bridgehead atoms. The van der Waals surface area contributed by atoms with Crippen molar-refractivity contribution in [1.29, 1.82) is 0 Å². The average Bonchev–Trinajstić information content (AvgIpc) is 2.11. The van der Waals surface area contributed by atoms with Gasteiger partial charge in [0.1, 0.15) is 5.75 Å². The predicted molar refractivity (Wildman–Crippen MR) is 77.0 cm³/mol. The van der Waals surface area contributed by atoms with Crippen LogP contribution in [0.5, 0.6) is 5.75 Å². The molecule has 0 atom stereocenters. The van der Waals surface area contributed by atoms with Gasteiger partial charge in [-0.15, -0.1) is 0 Å². The van der Waals surface area contributed by atoms with E-state index in [2.05, 4.69) is 49.8 Å². The first kappa shape index (κ1) is 14.1. The number of hydrogen-bond acceptors (Lipinski definition) is 1. The Morgan fingerprint density at radius 1 is 1.25 bits per heavy atom. The lowest BCUT2D eigenvalue weighted by Gasteiger charge is -2.36. The molecule has 16 heavy (non-hydrogen) atoms. The van der Waals surface area contributed by atoms with Gasteiger partial charge in [0.25, 0.3) is 8.32 Å². The van der Waals surface area contributed by atoms with E-state index in [0.717, 1.165) is 10.2 Å². The summed E-state index contributed by atoms with van der Waals surface area (Å²) in [5.74, 6) is 0.846. The first-order valence-corrected chi connectivity index (χ1v) is 9.36. The van der Waals surface area contributed by atoms with Gasteiger partial charge in [0, 0.05) is 0 Å². The van der Waals surface area contributed by atoms with Gasteiger partial charge < -0.3 is 4.43 Å². The molecule has 1 rings (SSSR count). The summed E-state index contributed by atoms with van der Waals surface area (Å²) < 4.78 is 7.03. The van der Waals surface area contributed by atoms with Crippen molar-refractivity contribution in [2.75, 3.05) is 0 Å². The van der Waals surface area contributed by atoms with Crippen LogP contribution < -0.4 is 4.43 Å². The van der Waals surface area contributed by atoms with E-state index in [1.54, 1.807) is 0 Å². The summed E-state index contributed by atoms with van der Waals surface area (Å²) in [5.41, 5.74) is 0. The molecule has 0 aliphatic heterocycles. The summed E-state index contributed by atoms with van der Waals surface area (Å²) in [6, 6.07) is 5.72.